The summed E-state index contributed by atoms with van der Waals surface area (Å²) >= 11 is 0. The maximum absolute atomic E-state index is 11.5. The molecule has 1 aliphatic carbocycles. The van der Waals surface area contributed by atoms with Gasteiger partial charge in [0.2, 0.25) is 5.69 Å². The molecule has 0 saturated heterocycles. The van der Waals surface area contributed by atoms with E-state index in [4.69, 9.17) is 0 Å². The van der Waals surface area contributed by atoms with E-state index in [1.807, 2.05) is 0 Å². The van der Waals surface area contributed by atoms with Gasteiger partial charge >= 0.3 is 5.69 Å². The van der Waals surface area contributed by atoms with Gasteiger partial charge in [-0.3, -0.25) is 20.0 Å². The van der Waals surface area contributed by atoms with E-state index < -0.39 is 10.8 Å². The van der Waals surface area contributed by atoms with E-state index in [9.17, 15) is 14.9 Å². The average molecular weight is 210 g/mol. The monoisotopic (exact) mass is 210 g/mol. The molecule has 15 heavy (non-hydrogen) atoms. The first-order chi connectivity index (χ1) is 7.09. The van der Waals surface area contributed by atoms with Crippen LogP contribution in [0.25, 0.3) is 0 Å². The third kappa shape index (κ3) is 1.80. The molecule has 1 amide bonds. The van der Waals surface area contributed by atoms with Gasteiger partial charge in [0, 0.05) is 6.04 Å². The predicted octanol–water partition coefficient (Wildman–Crippen LogP) is 0.519. The number of H-pyrrole nitrogens is 1. The number of nitrogens with zero attached hydrogens (tertiary/aromatic N) is 2. The lowest BCUT2D eigenvalue weighted by Crippen LogP contribution is -2.26. The Kier molecular flexibility index (Phi) is 2.14. The molecule has 7 nitrogen and oxygen atoms in total. The van der Waals surface area contributed by atoms with E-state index in [1.54, 1.807) is 0 Å². The number of amides is 1. The molecule has 0 spiro atoms. The van der Waals surface area contributed by atoms with E-state index in [-0.39, 0.29) is 17.4 Å². The fraction of sp³-hybridized carbons (Fsp3) is 0.500. The lowest BCUT2D eigenvalue weighted by atomic mass is 10.3. The molecule has 1 heterocycles. The van der Waals surface area contributed by atoms with Gasteiger partial charge in [-0.15, -0.1) is 0 Å². The first-order valence-corrected chi connectivity index (χ1v) is 4.60. The maximum Gasteiger partial charge on any atom is 0.322 e. The van der Waals surface area contributed by atoms with Gasteiger partial charge in [0.15, 0.2) is 0 Å². The summed E-state index contributed by atoms with van der Waals surface area (Å²) < 4.78 is 0. The first-order valence-electron chi connectivity index (χ1n) is 4.60. The number of carbonyl (C=O) groups excluding carboxylic acids is 1. The standard InChI is InChI=1S/C8H10N4O3/c1-4-7(12(14)15)6(11-10-4)8(13)9-5-2-3-5/h5H,2-3H2,1H3,(H,9,13)(H,10,11). The van der Waals surface area contributed by atoms with Crippen molar-refractivity contribution in [1.29, 1.82) is 0 Å². The van der Waals surface area contributed by atoms with Crippen LogP contribution in [0.4, 0.5) is 5.69 Å². The molecule has 2 rings (SSSR count). The maximum atomic E-state index is 11.5. The van der Waals surface area contributed by atoms with Crippen molar-refractivity contribution >= 4 is 11.6 Å². The van der Waals surface area contributed by atoms with Gasteiger partial charge in [0.25, 0.3) is 5.91 Å². The van der Waals surface area contributed by atoms with Crippen molar-refractivity contribution in [1.82, 2.24) is 15.5 Å². The number of rotatable bonds is 3. The normalized spacial score (nSPS) is 15.0. The van der Waals surface area contributed by atoms with Gasteiger partial charge in [0.05, 0.1) is 4.92 Å². The van der Waals surface area contributed by atoms with E-state index in [2.05, 4.69) is 15.5 Å². The van der Waals surface area contributed by atoms with Crippen molar-refractivity contribution < 1.29 is 9.72 Å². The summed E-state index contributed by atoms with van der Waals surface area (Å²) in [6.07, 6.45) is 1.87. The van der Waals surface area contributed by atoms with Crippen molar-refractivity contribution in [2.24, 2.45) is 0 Å². The summed E-state index contributed by atoms with van der Waals surface area (Å²) in [5.74, 6) is -0.478. The highest BCUT2D eigenvalue weighted by atomic mass is 16.6. The molecule has 0 unspecified atom stereocenters. The molecule has 0 aliphatic heterocycles. The number of nitrogens with one attached hydrogen (secondary N) is 2. The molecule has 0 bridgehead atoms. The van der Waals surface area contributed by atoms with Crippen LogP contribution in [0.5, 0.6) is 0 Å². The van der Waals surface area contributed by atoms with Crippen LogP contribution in [0.2, 0.25) is 0 Å². The van der Waals surface area contributed by atoms with Gasteiger partial charge in [-0.05, 0) is 19.8 Å². The second-order valence-corrected chi connectivity index (χ2v) is 3.55. The summed E-state index contributed by atoms with van der Waals surface area (Å²) in [7, 11) is 0. The molecule has 0 atom stereocenters. The van der Waals surface area contributed by atoms with Gasteiger partial charge in [-0.1, -0.05) is 0 Å². The highest BCUT2D eigenvalue weighted by molar-refractivity contribution is 5.96. The minimum atomic E-state index is -0.597. The minimum absolute atomic E-state index is 0.135. The van der Waals surface area contributed by atoms with Gasteiger partial charge in [0.1, 0.15) is 5.69 Å². The molecule has 1 aromatic heterocycles. The summed E-state index contributed by atoms with van der Waals surface area (Å²) in [5.41, 5.74) is -0.0847. The van der Waals surface area contributed by atoms with Crippen molar-refractivity contribution in [2.45, 2.75) is 25.8 Å². The number of aromatic nitrogens is 2. The summed E-state index contributed by atoms with van der Waals surface area (Å²) in [6, 6.07) is 0.161. The van der Waals surface area contributed by atoms with E-state index in [0.29, 0.717) is 5.69 Å². The fourth-order valence-electron chi connectivity index (χ4n) is 1.29. The minimum Gasteiger partial charge on any atom is -0.348 e. The fourth-order valence-corrected chi connectivity index (χ4v) is 1.29. The smallest absolute Gasteiger partial charge is 0.322 e. The van der Waals surface area contributed by atoms with Crippen molar-refractivity contribution in [3.05, 3.63) is 21.5 Å². The molecule has 7 heteroatoms. The number of hydrogen-bond acceptors (Lipinski definition) is 4. The Morgan fingerprint density at radius 3 is 2.87 bits per heavy atom. The topological polar surface area (TPSA) is 101 Å². The van der Waals surface area contributed by atoms with Crippen LogP contribution < -0.4 is 5.32 Å². The molecule has 1 fully saturated rings. The Labute approximate surface area is 85.0 Å². The summed E-state index contributed by atoms with van der Waals surface area (Å²) in [4.78, 5) is 21.6. The molecule has 1 aromatic rings. The SMILES string of the molecule is Cc1[nH]nc(C(=O)NC2CC2)c1[N+](=O)[O-]. The third-order valence-electron chi connectivity index (χ3n) is 2.23. The molecule has 0 aromatic carbocycles. The second kappa shape index (κ2) is 3.34. The molecule has 80 valence electrons. The molecular weight excluding hydrogens is 200 g/mol. The van der Waals surface area contributed by atoms with Gasteiger partial charge < -0.3 is 5.32 Å². The van der Waals surface area contributed by atoms with E-state index in [0.717, 1.165) is 12.8 Å². The molecule has 1 saturated carbocycles. The zero-order chi connectivity index (χ0) is 11.0. The number of aromatic amines is 1. The molecule has 2 N–H and O–H groups in total. The second-order valence-electron chi connectivity index (χ2n) is 3.55. The third-order valence-corrected chi connectivity index (χ3v) is 2.23. The number of hydrogen-bond donors (Lipinski definition) is 2. The van der Waals surface area contributed by atoms with Crippen LogP contribution in [0.3, 0.4) is 0 Å². The average Bonchev–Trinajstić information content (AvgIpc) is 2.86. The Bertz CT molecular complexity index is 422. The summed E-state index contributed by atoms with van der Waals surface area (Å²) in [6.45, 7) is 1.51. The van der Waals surface area contributed by atoms with Crippen LogP contribution in [-0.4, -0.2) is 27.1 Å². The highest BCUT2D eigenvalue weighted by Gasteiger charge is 2.31. The molecular formula is C8H10N4O3. The largest absolute Gasteiger partial charge is 0.348 e. The van der Waals surface area contributed by atoms with Crippen LogP contribution >= 0.6 is 0 Å². The van der Waals surface area contributed by atoms with E-state index in [1.165, 1.54) is 6.92 Å². The van der Waals surface area contributed by atoms with E-state index >= 15 is 0 Å². The molecule has 0 radical (unpaired) electrons. The Balaban J connectivity index is 2.25. The predicted molar refractivity (Wildman–Crippen MR) is 50.5 cm³/mol. The summed E-state index contributed by atoms with van der Waals surface area (Å²) in [5, 5.41) is 19.4. The zero-order valence-corrected chi connectivity index (χ0v) is 8.11. The van der Waals surface area contributed by atoms with Crippen molar-refractivity contribution in [3.63, 3.8) is 0 Å². The number of aryl methyl sites for hydroxylation is 1. The highest BCUT2D eigenvalue weighted by Crippen LogP contribution is 2.23. The molecule has 1 aliphatic rings. The van der Waals surface area contributed by atoms with Gasteiger partial charge in [-0.2, -0.15) is 5.10 Å². The lowest BCUT2D eigenvalue weighted by molar-refractivity contribution is -0.385. The first kappa shape index (κ1) is 9.63. The Morgan fingerprint density at radius 2 is 2.33 bits per heavy atom. The Morgan fingerprint density at radius 1 is 1.67 bits per heavy atom. The van der Waals surface area contributed by atoms with Crippen molar-refractivity contribution in [2.75, 3.05) is 0 Å². The van der Waals surface area contributed by atoms with Gasteiger partial charge in [-0.25, -0.2) is 0 Å². The quantitative estimate of drug-likeness (QED) is 0.560. The Hall–Kier alpha value is -1.92. The zero-order valence-electron chi connectivity index (χ0n) is 8.11. The van der Waals surface area contributed by atoms with Crippen LogP contribution in [-0.2, 0) is 0 Å². The van der Waals surface area contributed by atoms with Crippen LogP contribution in [0.15, 0.2) is 0 Å². The van der Waals surface area contributed by atoms with Crippen molar-refractivity contribution in [3.8, 4) is 0 Å². The van der Waals surface area contributed by atoms with Crippen LogP contribution in [0.1, 0.15) is 29.0 Å². The van der Waals surface area contributed by atoms with Crippen LogP contribution in [0, 0.1) is 17.0 Å². The lowest BCUT2D eigenvalue weighted by Gasteiger charge is -1.98. The number of carbonyl (C=O) groups is 1. The number of nitro groups is 1.